The third-order valence-corrected chi connectivity index (χ3v) is 5.16. The van der Waals surface area contributed by atoms with E-state index < -0.39 is 73.2 Å². The molecule has 0 aromatic rings. The molecule has 10 heteroatoms. The van der Waals surface area contributed by atoms with E-state index in [9.17, 15) is 40.9 Å². The number of rotatable bonds is 5. The SMILES string of the molecule is CC(C)(C[C@H]1C[C@@H](O)[C@H](O)[C@@H](O)[C@@H]1O)O[C@@H]1O[C@H](CO)[C@@H](O)[C@H](O)[C@H]1O. The predicted molar refractivity (Wildman–Crippen MR) is 85.7 cm³/mol. The van der Waals surface area contributed by atoms with Gasteiger partial charge in [0.05, 0.1) is 24.4 Å². The van der Waals surface area contributed by atoms with E-state index in [1.165, 1.54) is 0 Å². The molecule has 1 saturated heterocycles. The van der Waals surface area contributed by atoms with Gasteiger partial charge in [0.15, 0.2) is 6.29 Å². The summed E-state index contributed by atoms with van der Waals surface area (Å²) >= 11 is 0. The van der Waals surface area contributed by atoms with Crippen molar-refractivity contribution >= 4 is 0 Å². The summed E-state index contributed by atoms with van der Waals surface area (Å²) in [5.74, 6) is -0.594. The van der Waals surface area contributed by atoms with Gasteiger partial charge in [0.25, 0.3) is 0 Å². The first-order valence-electron chi connectivity index (χ1n) is 8.69. The van der Waals surface area contributed by atoms with Gasteiger partial charge in [-0.15, -0.1) is 0 Å². The van der Waals surface area contributed by atoms with E-state index >= 15 is 0 Å². The molecule has 154 valence electrons. The Bertz CT molecular complexity index is 458. The number of ether oxygens (including phenoxy) is 2. The maximum atomic E-state index is 10.1. The van der Waals surface area contributed by atoms with E-state index in [2.05, 4.69) is 0 Å². The molecule has 10 atom stereocenters. The van der Waals surface area contributed by atoms with Gasteiger partial charge in [0, 0.05) is 0 Å². The Morgan fingerprint density at radius 2 is 1.42 bits per heavy atom. The average molecular weight is 382 g/mol. The highest BCUT2D eigenvalue weighted by Crippen LogP contribution is 2.35. The van der Waals surface area contributed by atoms with Crippen LogP contribution in [0.15, 0.2) is 0 Å². The Hall–Kier alpha value is -0.400. The molecule has 26 heavy (non-hydrogen) atoms. The summed E-state index contributed by atoms with van der Waals surface area (Å²) in [4.78, 5) is 0. The fourth-order valence-corrected chi connectivity index (χ4v) is 3.66. The van der Waals surface area contributed by atoms with E-state index in [0.717, 1.165) is 0 Å². The van der Waals surface area contributed by atoms with Gasteiger partial charge in [-0.25, -0.2) is 0 Å². The molecule has 1 heterocycles. The summed E-state index contributed by atoms with van der Waals surface area (Å²) in [6, 6.07) is 0. The second kappa shape index (κ2) is 8.31. The fraction of sp³-hybridized carbons (Fsp3) is 1.00. The summed E-state index contributed by atoms with van der Waals surface area (Å²) < 4.78 is 11.0. The van der Waals surface area contributed by atoms with Gasteiger partial charge in [-0.3, -0.25) is 0 Å². The van der Waals surface area contributed by atoms with E-state index in [1.807, 2.05) is 0 Å². The van der Waals surface area contributed by atoms with Crippen molar-refractivity contribution in [2.24, 2.45) is 5.92 Å². The topological polar surface area (TPSA) is 180 Å². The molecule has 1 aliphatic heterocycles. The highest BCUT2D eigenvalue weighted by Gasteiger charge is 2.48. The third kappa shape index (κ3) is 4.53. The van der Waals surface area contributed by atoms with Crippen molar-refractivity contribution in [3.05, 3.63) is 0 Å². The first kappa shape index (κ1) is 21.9. The Kier molecular flexibility index (Phi) is 7.00. The maximum Gasteiger partial charge on any atom is 0.187 e. The minimum Gasteiger partial charge on any atom is -0.394 e. The van der Waals surface area contributed by atoms with Crippen LogP contribution in [0.25, 0.3) is 0 Å². The average Bonchev–Trinajstić information content (AvgIpc) is 2.58. The smallest absolute Gasteiger partial charge is 0.187 e. The molecule has 8 N–H and O–H groups in total. The Morgan fingerprint density at radius 1 is 0.846 bits per heavy atom. The molecule has 0 unspecified atom stereocenters. The van der Waals surface area contributed by atoms with Crippen LogP contribution < -0.4 is 0 Å². The molecule has 2 fully saturated rings. The van der Waals surface area contributed by atoms with Gasteiger partial charge in [-0.05, 0) is 32.6 Å². The molecular formula is C16H30O10. The molecule has 10 nitrogen and oxygen atoms in total. The zero-order valence-corrected chi connectivity index (χ0v) is 14.8. The van der Waals surface area contributed by atoms with Gasteiger partial charge in [-0.2, -0.15) is 0 Å². The van der Waals surface area contributed by atoms with E-state index in [4.69, 9.17) is 9.47 Å². The molecule has 1 aliphatic carbocycles. The summed E-state index contributed by atoms with van der Waals surface area (Å²) in [5.41, 5.74) is -1.03. The zero-order valence-electron chi connectivity index (χ0n) is 14.8. The van der Waals surface area contributed by atoms with Crippen LogP contribution in [0.4, 0.5) is 0 Å². The molecular weight excluding hydrogens is 352 g/mol. The van der Waals surface area contributed by atoms with Crippen molar-refractivity contribution in [2.45, 2.75) is 87.4 Å². The van der Waals surface area contributed by atoms with Crippen LogP contribution in [0.5, 0.6) is 0 Å². The lowest BCUT2D eigenvalue weighted by Crippen LogP contribution is -2.60. The number of aliphatic hydroxyl groups excluding tert-OH is 8. The first-order valence-corrected chi connectivity index (χ1v) is 8.69. The number of hydrogen-bond acceptors (Lipinski definition) is 10. The van der Waals surface area contributed by atoms with Crippen molar-refractivity contribution in [1.29, 1.82) is 0 Å². The second-order valence-corrected chi connectivity index (χ2v) is 7.81. The first-order chi connectivity index (χ1) is 12.0. The highest BCUT2D eigenvalue weighted by molar-refractivity contribution is 4.95. The minimum atomic E-state index is -1.57. The molecule has 0 spiro atoms. The quantitative estimate of drug-likeness (QED) is 0.237. The number of hydrogen-bond donors (Lipinski definition) is 8. The van der Waals surface area contributed by atoms with Gasteiger partial charge in [-0.1, -0.05) is 0 Å². The van der Waals surface area contributed by atoms with E-state index in [0.29, 0.717) is 0 Å². The van der Waals surface area contributed by atoms with Crippen molar-refractivity contribution < 1.29 is 50.3 Å². The lowest BCUT2D eigenvalue weighted by molar-refractivity contribution is -0.325. The molecule has 0 amide bonds. The standard InChI is InChI=1S/C16H30O10/c1-16(2,4-6-3-7(18)10(20)12(22)9(6)19)26-15-14(24)13(23)11(21)8(5-17)25-15/h6-15,17-24H,3-5H2,1-2H3/t6-,7-,8-,9-,10+,11-,12+,13+,14-,15+/m1/s1. The van der Waals surface area contributed by atoms with Crippen molar-refractivity contribution in [3.63, 3.8) is 0 Å². The lowest BCUT2D eigenvalue weighted by atomic mass is 9.76. The third-order valence-electron chi connectivity index (χ3n) is 5.16. The highest BCUT2D eigenvalue weighted by atomic mass is 16.7. The summed E-state index contributed by atoms with van der Waals surface area (Å²) in [6.45, 7) is 2.68. The summed E-state index contributed by atoms with van der Waals surface area (Å²) in [6.07, 6.45) is -12.3. The van der Waals surface area contributed by atoms with Crippen LogP contribution in [0.3, 0.4) is 0 Å². The molecule has 0 radical (unpaired) electrons. The van der Waals surface area contributed by atoms with Crippen LogP contribution >= 0.6 is 0 Å². The lowest BCUT2D eigenvalue weighted by Gasteiger charge is -2.45. The van der Waals surface area contributed by atoms with Crippen LogP contribution in [-0.4, -0.2) is 108 Å². The van der Waals surface area contributed by atoms with Crippen LogP contribution in [0.1, 0.15) is 26.7 Å². The normalized spacial score (nSPS) is 47.8. The van der Waals surface area contributed by atoms with Crippen LogP contribution in [-0.2, 0) is 9.47 Å². The summed E-state index contributed by atoms with van der Waals surface area (Å²) in [7, 11) is 0. The van der Waals surface area contributed by atoms with Gasteiger partial charge in [0.1, 0.15) is 36.6 Å². The largest absolute Gasteiger partial charge is 0.394 e. The Morgan fingerprint density at radius 3 is 2.00 bits per heavy atom. The minimum absolute atomic E-state index is 0.0425. The second-order valence-electron chi connectivity index (χ2n) is 7.81. The Labute approximate surface area is 151 Å². The maximum absolute atomic E-state index is 10.1. The van der Waals surface area contributed by atoms with Crippen molar-refractivity contribution in [3.8, 4) is 0 Å². The number of aliphatic hydroxyl groups is 8. The van der Waals surface area contributed by atoms with E-state index in [1.54, 1.807) is 13.8 Å². The van der Waals surface area contributed by atoms with Crippen LogP contribution in [0, 0.1) is 5.92 Å². The monoisotopic (exact) mass is 382 g/mol. The molecule has 0 bridgehead atoms. The van der Waals surface area contributed by atoms with Gasteiger partial charge < -0.3 is 50.3 Å². The van der Waals surface area contributed by atoms with Gasteiger partial charge in [0.2, 0.25) is 0 Å². The summed E-state index contributed by atoms with van der Waals surface area (Å²) in [5, 5.41) is 78.3. The van der Waals surface area contributed by atoms with Crippen molar-refractivity contribution in [2.75, 3.05) is 6.61 Å². The molecule has 2 aliphatic rings. The molecule has 0 aromatic heterocycles. The van der Waals surface area contributed by atoms with Crippen LogP contribution in [0.2, 0.25) is 0 Å². The zero-order chi connectivity index (χ0) is 19.8. The van der Waals surface area contributed by atoms with E-state index in [-0.39, 0.29) is 12.8 Å². The molecule has 1 saturated carbocycles. The molecule has 2 rings (SSSR count). The van der Waals surface area contributed by atoms with Gasteiger partial charge >= 0.3 is 0 Å². The predicted octanol–water partition coefficient (Wildman–Crippen LogP) is -3.56. The molecule has 0 aromatic carbocycles. The van der Waals surface area contributed by atoms with Crippen molar-refractivity contribution in [1.82, 2.24) is 0 Å². The fourth-order valence-electron chi connectivity index (χ4n) is 3.66. The Balaban J connectivity index is 2.03.